The molecule has 4 nitrogen and oxygen atoms in total. The van der Waals surface area contributed by atoms with Crippen LogP contribution >= 0.6 is 0 Å². The van der Waals surface area contributed by atoms with Gasteiger partial charge in [-0.3, -0.25) is 0 Å². The second kappa shape index (κ2) is 5.60. The van der Waals surface area contributed by atoms with E-state index < -0.39 is 6.10 Å². The van der Waals surface area contributed by atoms with Crippen molar-refractivity contribution in [2.75, 3.05) is 7.11 Å². The molecule has 2 aromatic rings. The van der Waals surface area contributed by atoms with Crippen molar-refractivity contribution in [3.05, 3.63) is 53.6 Å². The predicted molar refractivity (Wildman–Crippen MR) is 68.4 cm³/mol. The SMILES string of the molecule is COc1ccccc1CC(O)c1ccnc(C)n1. The number of rotatable bonds is 4. The summed E-state index contributed by atoms with van der Waals surface area (Å²) in [6.07, 6.45) is 1.48. The Bertz CT molecular complexity index is 529. The molecule has 0 aliphatic carbocycles. The minimum absolute atomic E-state index is 0.473. The van der Waals surface area contributed by atoms with Crippen LogP contribution in [0, 0.1) is 6.92 Å². The Hall–Kier alpha value is -1.94. The lowest BCUT2D eigenvalue weighted by Gasteiger charge is -2.13. The summed E-state index contributed by atoms with van der Waals surface area (Å²) >= 11 is 0. The summed E-state index contributed by atoms with van der Waals surface area (Å²) in [6.45, 7) is 1.80. The summed E-state index contributed by atoms with van der Waals surface area (Å²) < 4.78 is 5.26. The average Bonchev–Trinajstić information content (AvgIpc) is 2.39. The maximum atomic E-state index is 10.2. The van der Waals surface area contributed by atoms with Crippen LogP contribution in [0.2, 0.25) is 0 Å². The van der Waals surface area contributed by atoms with Gasteiger partial charge in [0.1, 0.15) is 17.7 Å². The molecule has 0 aliphatic rings. The fraction of sp³-hybridized carbons (Fsp3) is 0.286. The zero-order valence-corrected chi connectivity index (χ0v) is 10.5. The van der Waals surface area contributed by atoms with E-state index >= 15 is 0 Å². The number of aliphatic hydroxyl groups is 1. The van der Waals surface area contributed by atoms with Crippen molar-refractivity contribution in [2.45, 2.75) is 19.4 Å². The Morgan fingerprint density at radius 1 is 1.28 bits per heavy atom. The third-order valence-electron chi connectivity index (χ3n) is 2.74. The van der Waals surface area contributed by atoms with E-state index in [-0.39, 0.29) is 0 Å². The maximum Gasteiger partial charge on any atom is 0.125 e. The van der Waals surface area contributed by atoms with Crippen molar-refractivity contribution in [2.24, 2.45) is 0 Å². The number of benzene rings is 1. The summed E-state index contributed by atoms with van der Waals surface area (Å²) in [4.78, 5) is 8.24. The fourth-order valence-electron chi connectivity index (χ4n) is 1.84. The Morgan fingerprint density at radius 2 is 2.06 bits per heavy atom. The van der Waals surface area contributed by atoms with E-state index in [4.69, 9.17) is 4.74 Å². The van der Waals surface area contributed by atoms with Crippen LogP contribution in [0.5, 0.6) is 5.75 Å². The molecule has 1 aromatic heterocycles. The molecule has 0 bridgehead atoms. The summed E-state index contributed by atoms with van der Waals surface area (Å²) in [5.41, 5.74) is 1.59. The van der Waals surface area contributed by atoms with Gasteiger partial charge in [0.25, 0.3) is 0 Å². The van der Waals surface area contributed by atoms with Gasteiger partial charge >= 0.3 is 0 Å². The first-order chi connectivity index (χ1) is 8.70. The quantitative estimate of drug-likeness (QED) is 0.894. The van der Waals surface area contributed by atoms with E-state index in [1.165, 1.54) is 0 Å². The lowest BCUT2D eigenvalue weighted by atomic mass is 10.0. The third-order valence-corrected chi connectivity index (χ3v) is 2.74. The van der Waals surface area contributed by atoms with Gasteiger partial charge in [-0.2, -0.15) is 0 Å². The summed E-state index contributed by atoms with van der Waals surface area (Å²) in [5, 5.41) is 10.2. The van der Waals surface area contributed by atoms with Crippen LogP contribution in [0.1, 0.15) is 23.2 Å². The molecule has 0 spiro atoms. The molecule has 1 heterocycles. The standard InChI is InChI=1S/C14H16N2O2/c1-10-15-8-7-12(16-10)13(17)9-11-5-3-4-6-14(11)18-2/h3-8,13,17H,9H2,1-2H3. The molecule has 0 radical (unpaired) electrons. The van der Waals surface area contributed by atoms with Gasteiger partial charge in [-0.15, -0.1) is 0 Å². The van der Waals surface area contributed by atoms with Crippen molar-refractivity contribution >= 4 is 0 Å². The monoisotopic (exact) mass is 244 g/mol. The van der Waals surface area contributed by atoms with Gasteiger partial charge in [-0.25, -0.2) is 9.97 Å². The van der Waals surface area contributed by atoms with Gasteiger partial charge in [-0.05, 0) is 24.6 Å². The zero-order valence-electron chi connectivity index (χ0n) is 10.5. The normalized spacial score (nSPS) is 12.2. The molecule has 2 rings (SSSR count). The highest BCUT2D eigenvalue weighted by Crippen LogP contribution is 2.23. The second-order valence-corrected chi connectivity index (χ2v) is 4.06. The molecule has 94 valence electrons. The van der Waals surface area contributed by atoms with Crippen LogP contribution in [0.3, 0.4) is 0 Å². The Balaban J connectivity index is 2.18. The molecule has 1 aromatic carbocycles. The van der Waals surface area contributed by atoms with Crippen molar-refractivity contribution in [1.29, 1.82) is 0 Å². The van der Waals surface area contributed by atoms with Crippen LogP contribution < -0.4 is 4.74 Å². The molecule has 0 saturated heterocycles. The van der Waals surface area contributed by atoms with E-state index in [0.717, 1.165) is 11.3 Å². The second-order valence-electron chi connectivity index (χ2n) is 4.06. The zero-order chi connectivity index (χ0) is 13.0. The summed E-state index contributed by atoms with van der Waals surface area (Å²) in [6, 6.07) is 9.38. The number of hydrogen-bond donors (Lipinski definition) is 1. The van der Waals surface area contributed by atoms with Crippen molar-refractivity contribution in [3.63, 3.8) is 0 Å². The van der Waals surface area contributed by atoms with E-state index in [0.29, 0.717) is 17.9 Å². The predicted octanol–water partition coefficient (Wildman–Crippen LogP) is 2.07. The van der Waals surface area contributed by atoms with Crippen LogP contribution in [0.4, 0.5) is 0 Å². The Kier molecular flexibility index (Phi) is 3.89. The smallest absolute Gasteiger partial charge is 0.125 e. The first kappa shape index (κ1) is 12.5. The molecular formula is C14H16N2O2. The molecule has 1 atom stereocenters. The number of aliphatic hydroxyl groups excluding tert-OH is 1. The summed E-state index contributed by atoms with van der Waals surface area (Å²) in [5.74, 6) is 1.44. The summed E-state index contributed by atoms with van der Waals surface area (Å²) in [7, 11) is 1.63. The highest BCUT2D eigenvalue weighted by Gasteiger charge is 2.13. The largest absolute Gasteiger partial charge is 0.496 e. The first-order valence-corrected chi connectivity index (χ1v) is 5.80. The highest BCUT2D eigenvalue weighted by molar-refractivity contribution is 5.34. The average molecular weight is 244 g/mol. The lowest BCUT2D eigenvalue weighted by Crippen LogP contribution is -2.06. The fourth-order valence-corrected chi connectivity index (χ4v) is 1.84. The molecule has 0 amide bonds. The van der Waals surface area contributed by atoms with Gasteiger partial charge in [0, 0.05) is 12.6 Å². The van der Waals surface area contributed by atoms with E-state index in [2.05, 4.69) is 9.97 Å². The molecular weight excluding hydrogens is 228 g/mol. The minimum Gasteiger partial charge on any atom is -0.496 e. The Morgan fingerprint density at radius 3 is 2.78 bits per heavy atom. The van der Waals surface area contributed by atoms with Crippen molar-refractivity contribution in [3.8, 4) is 5.75 Å². The lowest BCUT2D eigenvalue weighted by molar-refractivity contribution is 0.172. The molecule has 18 heavy (non-hydrogen) atoms. The maximum absolute atomic E-state index is 10.2. The van der Waals surface area contributed by atoms with Gasteiger partial charge in [-0.1, -0.05) is 18.2 Å². The first-order valence-electron chi connectivity index (χ1n) is 5.80. The van der Waals surface area contributed by atoms with E-state index in [1.54, 1.807) is 26.3 Å². The van der Waals surface area contributed by atoms with Crippen molar-refractivity contribution < 1.29 is 9.84 Å². The number of aryl methyl sites for hydroxylation is 1. The third kappa shape index (κ3) is 2.84. The Labute approximate surface area is 106 Å². The molecule has 4 heteroatoms. The molecule has 1 unspecified atom stereocenters. The number of ether oxygens (including phenoxy) is 1. The van der Waals surface area contributed by atoms with Gasteiger partial charge in [0.05, 0.1) is 12.8 Å². The molecule has 0 fully saturated rings. The van der Waals surface area contributed by atoms with Gasteiger partial charge < -0.3 is 9.84 Å². The van der Waals surface area contributed by atoms with E-state index in [9.17, 15) is 5.11 Å². The number of para-hydroxylation sites is 1. The van der Waals surface area contributed by atoms with Crippen molar-refractivity contribution in [1.82, 2.24) is 9.97 Å². The molecule has 1 N–H and O–H groups in total. The minimum atomic E-state index is -0.650. The van der Waals surface area contributed by atoms with Gasteiger partial charge in [0.15, 0.2) is 0 Å². The number of nitrogens with zero attached hydrogens (tertiary/aromatic N) is 2. The topological polar surface area (TPSA) is 55.2 Å². The molecule has 0 saturated carbocycles. The number of hydrogen-bond acceptors (Lipinski definition) is 4. The van der Waals surface area contributed by atoms with Crippen LogP contribution in [0.15, 0.2) is 36.5 Å². The van der Waals surface area contributed by atoms with E-state index in [1.807, 2.05) is 24.3 Å². The van der Waals surface area contributed by atoms with Crippen LogP contribution in [-0.4, -0.2) is 22.2 Å². The van der Waals surface area contributed by atoms with Crippen LogP contribution in [-0.2, 0) is 6.42 Å². The van der Waals surface area contributed by atoms with Gasteiger partial charge in [0.2, 0.25) is 0 Å². The number of methoxy groups -OCH3 is 1. The molecule has 0 aliphatic heterocycles. The van der Waals surface area contributed by atoms with Crippen LogP contribution in [0.25, 0.3) is 0 Å². The number of aromatic nitrogens is 2. The highest BCUT2D eigenvalue weighted by atomic mass is 16.5.